The summed E-state index contributed by atoms with van der Waals surface area (Å²) < 4.78 is 39.3. The van der Waals surface area contributed by atoms with Gasteiger partial charge in [0, 0.05) is 26.4 Å². The van der Waals surface area contributed by atoms with Gasteiger partial charge in [0.15, 0.2) is 0 Å². The lowest BCUT2D eigenvalue weighted by Crippen LogP contribution is -2.35. The van der Waals surface area contributed by atoms with E-state index in [1.807, 2.05) is 13.8 Å². The molecule has 0 atom stereocenters. The molecule has 1 aromatic carbocycles. The van der Waals surface area contributed by atoms with Crippen LogP contribution in [0, 0.1) is 5.92 Å². The van der Waals surface area contributed by atoms with Crippen molar-refractivity contribution in [3.05, 3.63) is 29.8 Å². The summed E-state index contributed by atoms with van der Waals surface area (Å²) in [5.41, 5.74) is -1.12. The van der Waals surface area contributed by atoms with E-state index >= 15 is 0 Å². The Kier molecular flexibility index (Phi) is 7.25. The van der Waals surface area contributed by atoms with Crippen LogP contribution < -0.4 is 10.2 Å². The summed E-state index contributed by atoms with van der Waals surface area (Å²) in [6.45, 7) is 5.64. The minimum atomic E-state index is -4.57. The van der Waals surface area contributed by atoms with E-state index in [2.05, 4.69) is 5.32 Å². The molecule has 0 saturated carbocycles. The Morgan fingerprint density at radius 3 is 2.38 bits per heavy atom. The quantitative estimate of drug-likeness (QED) is 0.821. The Hall–Kier alpha value is -2.05. The fourth-order valence-electron chi connectivity index (χ4n) is 2.20. The second-order valence-corrected chi connectivity index (χ2v) is 5.97. The molecule has 134 valence electrons. The highest BCUT2D eigenvalue weighted by Gasteiger charge is 2.35. The van der Waals surface area contributed by atoms with E-state index in [4.69, 9.17) is 0 Å². The van der Waals surface area contributed by atoms with Crippen molar-refractivity contribution in [3.63, 3.8) is 0 Å². The molecule has 0 radical (unpaired) electrons. The molecule has 4 nitrogen and oxygen atoms in total. The number of hydrogen-bond acceptors (Lipinski definition) is 2. The molecule has 1 N–H and O–H groups in total. The first-order chi connectivity index (χ1) is 11.1. The van der Waals surface area contributed by atoms with Gasteiger partial charge in [0.2, 0.25) is 11.8 Å². The van der Waals surface area contributed by atoms with Gasteiger partial charge in [-0.3, -0.25) is 9.59 Å². The second kappa shape index (κ2) is 8.70. The van der Waals surface area contributed by atoms with Crippen molar-refractivity contribution >= 4 is 17.5 Å². The molecule has 2 amide bonds. The number of carbonyl (C=O) groups excluding carboxylic acids is 2. The number of nitrogens with one attached hydrogen (secondary N) is 1. The van der Waals surface area contributed by atoms with Crippen LogP contribution in [0.4, 0.5) is 18.9 Å². The lowest BCUT2D eigenvalue weighted by molar-refractivity contribution is -0.137. The molecule has 0 fully saturated rings. The zero-order chi connectivity index (χ0) is 18.3. The maximum atomic E-state index is 13.1. The van der Waals surface area contributed by atoms with Crippen molar-refractivity contribution in [1.82, 2.24) is 5.32 Å². The summed E-state index contributed by atoms with van der Waals surface area (Å²) in [6, 6.07) is 4.86. The zero-order valence-electron chi connectivity index (χ0n) is 14.1. The molecular weight excluding hydrogens is 321 g/mol. The average molecular weight is 344 g/mol. The lowest BCUT2D eigenvalue weighted by atomic mass is 10.1. The molecule has 1 rings (SSSR count). The topological polar surface area (TPSA) is 49.4 Å². The van der Waals surface area contributed by atoms with E-state index in [1.54, 1.807) is 0 Å². The lowest BCUT2D eigenvalue weighted by Gasteiger charge is -2.24. The van der Waals surface area contributed by atoms with Gasteiger partial charge in [-0.25, -0.2) is 0 Å². The highest BCUT2D eigenvalue weighted by Crippen LogP contribution is 2.36. The number of benzene rings is 1. The Morgan fingerprint density at radius 1 is 1.21 bits per heavy atom. The van der Waals surface area contributed by atoms with Crippen molar-refractivity contribution in [1.29, 1.82) is 0 Å². The number of alkyl halides is 3. The third kappa shape index (κ3) is 6.22. The monoisotopic (exact) mass is 344 g/mol. The zero-order valence-corrected chi connectivity index (χ0v) is 14.1. The molecule has 7 heteroatoms. The summed E-state index contributed by atoms with van der Waals surface area (Å²) in [7, 11) is 0. The third-order valence-electron chi connectivity index (χ3n) is 3.49. The fourth-order valence-corrected chi connectivity index (χ4v) is 2.20. The number of nitrogens with zero attached hydrogens (tertiary/aromatic N) is 1. The predicted octanol–water partition coefficient (Wildman–Crippen LogP) is 3.61. The maximum absolute atomic E-state index is 13.1. The number of rotatable bonds is 7. The van der Waals surface area contributed by atoms with E-state index in [1.165, 1.54) is 25.1 Å². The van der Waals surface area contributed by atoms with Gasteiger partial charge in [-0.15, -0.1) is 0 Å². The SMILES string of the molecule is CC(=O)N(CCC(=O)NCCC(C)C)c1ccccc1C(F)(F)F. The standard InChI is InChI=1S/C17H23F3N2O2/c1-12(2)8-10-21-16(24)9-11-22(13(3)23)15-7-5-4-6-14(15)17(18,19)20/h4-7,12H,8-11H2,1-3H3,(H,21,24). The summed E-state index contributed by atoms with van der Waals surface area (Å²) in [4.78, 5) is 24.6. The Labute approximate surface area is 140 Å². The van der Waals surface area contributed by atoms with Crippen LogP contribution in [0.25, 0.3) is 0 Å². The molecule has 1 aromatic rings. The van der Waals surface area contributed by atoms with Gasteiger partial charge < -0.3 is 10.2 Å². The molecule has 24 heavy (non-hydrogen) atoms. The van der Waals surface area contributed by atoms with Crippen LogP contribution in [0.15, 0.2) is 24.3 Å². The molecule has 0 heterocycles. The highest BCUT2D eigenvalue weighted by molar-refractivity contribution is 5.93. The van der Waals surface area contributed by atoms with Gasteiger partial charge in [-0.1, -0.05) is 26.0 Å². The Bertz CT molecular complexity index is 571. The highest BCUT2D eigenvalue weighted by atomic mass is 19.4. The normalized spacial score (nSPS) is 11.5. The van der Waals surface area contributed by atoms with Gasteiger partial charge >= 0.3 is 6.18 Å². The van der Waals surface area contributed by atoms with Gasteiger partial charge in [0.25, 0.3) is 0 Å². The van der Waals surface area contributed by atoms with Crippen molar-refractivity contribution in [2.75, 3.05) is 18.0 Å². The molecule has 0 spiro atoms. The van der Waals surface area contributed by atoms with Gasteiger partial charge in [0.05, 0.1) is 11.3 Å². The summed E-state index contributed by atoms with van der Waals surface area (Å²) in [5, 5.41) is 2.71. The average Bonchev–Trinajstić information content (AvgIpc) is 2.46. The number of amides is 2. The first-order valence-electron chi connectivity index (χ1n) is 7.84. The number of para-hydroxylation sites is 1. The van der Waals surface area contributed by atoms with Gasteiger partial charge in [0.1, 0.15) is 0 Å². The third-order valence-corrected chi connectivity index (χ3v) is 3.49. The molecule has 0 aliphatic carbocycles. The van der Waals surface area contributed by atoms with Crippen LogP contribution in [0.3, 0.4) is 0 Å². The van der Waals surface area contributed by atoms with E-state index < -0.39 is 17.6 Å². The number of anilines is 1. The number of hydrogen-bond donors (Lipinski definition) is 1. The van der Waals surface area contributed by atoms with Crippen molar-refractivity contribution < 1.29 is 22.8 Å². The molecule has 0 aromatic heterocycles. The molecule has 0 unspecified atom stereocenters. The van der Waals surface area contributed by atoms with E-state index in [9.17, 15) is 22.8 Å². The molecular formula is C17H23F3N2O2. The van der Waals surface area contributed by atoms with Gasteiger partial charge in [-0.05, 0) is 24.5 Å². The molecule has 0 bridgehead atoms. The summed E-state index contributed by atoms with van der Waals surface area (Å²) in [6.07, 6.45) is -3.80. The van der Waals surface area contributed by atoms with Crippen LogP contribution in [-0.2, 0) is 15.8 Å². The van der Waals surface area contributed by atoms with E-state index in [-0.39, 0.29) is 24.6 Å². The van der Waals surface area contributed by atoms with Crippen LogP contribution >= 0.6 is 0 Å². The van der Waals surface area contributed by atoms with Gasteiger partial charge in [-0.2, -0.15) is 13.2 Å². The number of halogens is 3. The smallest absolute Gasteiger partial charge is 0.356 e. The second-order valence-electron chi connectivity index (χ2n) is 5.97. The van der Waals surface area contributed by atoms with Crippen LogP contribution in [0.1, 0.15) is 39.2 Å². The minimum absolute atomic E-state index is 0.0517. The van der Waals surface area contributed by atoms with E-state index in [0.29, 0.717) is 12.5 Å². The molecule has 0 aliphatic rings. The summed E-state index contributed by atoms with van der Waals surface area (Å²) in [5.74, 6) is -0.384. The first-order valence-corrected chi connectivity index (χ1v) is 7.84. The van der Waals surface area contributed by atoms with Crippen LogP contribution in [-0.4, -0.2) is 24.9 Å². The van der Waals surface area contributed by atoms with Crippen molar-refractivity contribution in [2.24, 2.45) is 5.92 Å². The molecule has 0 saturated heterocycles. The van der Waals surface area contributed by atoms with Crippen LogP contribution in [0.2, 0.25) is 0 Å². The minimum Gasteiger partial charge on any atom is -0.356 e. The van der Waals surface area contributed by atoms with Crippen LogP contribution in [0.5, 0.6) is 0 Å². The van der Waals surface area contributed by atoms with Crippen molar-refractivity contribution in [3.8, 4) is 0 Å². The number of carbonyl (C=O) groups is 2. The summed E-state index contributed by atoms with van der Waals surface area (Å²) >= 11 is 0. The van der Waals surface area contributed by atoms with Crippen molar-refractivity contribution in [2.45, 2.75) is 39.8 Å². The Morgan fingerprint density at radius 2 is 1.83 bits per heavy atom. The Balaban J connectivity index is 2.79. The fraction of sp³-hybridized carbons (Fsp3) is 0.529. The first kappa shape index (κ1) is 20.0. The molecule has 0 aliphatic heterocycles. The largest absolute Gasteiger partial charge is 0.418 e. The maximum Gasteiger partial charge on any atom is 0.418 e. The van der Waals surface area contributed by atoms with E-state index in [0.717, 1.165) is 17.4 Å². The predicted molar refractivity (Wildman–Crippen MR) is 86.6 cm³/mol.